The van der Waals surface area contributed by atoms with Gasteiger partial charge in [-0.3, -0.25) is 24.9 Å². The maximum absolute atomic E-state index is 12.5. The molecule has 64 heavy (non-hydrogen) atoms. The average Bonchev–Trinajstić information content (AvgIpc) is 3.29. The van der Waals surface area contributed by atoms with Crippen molar-refractivity contribution in [1.29, 1.82) is 10.5 Å². The Morgan fingerprint density at radius 2 is 1.16 bits per heavy atom. The second-order valence-electron chi connectivity index (χ2n) is 14.5. The van der Waals surface area contributed by atoms with Crippen molar-refractivity contribution < 1.29 is 38.7 Å². The number of Topliss-reactive ketones (excluding diaryl/α,β-unsaturated/α-hetero) is 1. The summed E-state index contributed by atoms with van der Waals surface area (Å²) in [6.07, 6.45) is 5.98. The number of pyridine rings is 2. The van der Waals surface area contributed by atoms with Gasteiger partial charge in [0, 0.05) is 82.4 Å². The molecule has 17 heteroatoms. The number of carboxylic acid groups (broad SMARTS) is 1. The van der Waals surface area contributed by atoms with Crippen molar-refractivity contribution in [3.05, 3.63) is 162 Å². The summed E-state index contributed by atoms with van der Waals surface area (Å²) in [5.74, 6) is -0.504. The molecule has 0 aliphatic heterocycles. The first-order valence-corrected chi connectivity index (χ1v) is 20.7. The van der Waals surface area contributed by atoms with Crippen LogP contribution in [0.3, 0.4) is 0 Å². The number of ether oxygens (including phenoxy) is 4. The lowest BCUT2D eigenvalue weighted by Gasteiger charge is -2.25. The van der Waals surface area contributed by atoms with E-state index in [9.17, 15) is 30.3 Å². The maximum atomic E-state index is 12.5. The fraction of sp³-hybridized carbons (Fsp3) is 0.191. The van der Waals surface area contributed by atoms with Crippen LogP contribution in [0.2, 0.25) is 20.1 Å². The van der Waals surface area contributed by atoms with Crippen LogP contribution in [0, 0.1) is 22.7 Å². The average molecular weight is 942 g/mol. The molecule has 0 saturated carbocycles. The Hall–Kier alpha value is -6.42. The summed E-state index contributed by atoms with van der Waals surface area (Å²) in [6.45, 7) is 2.04. The molecule has 0 spiro atoms. The normalized spacial score (nSPS) is 11.8. The van der Waals surface area contributed by atoms with Crippen molar-refractivity contribution in [2.24, 2.45) is 0 Å². The molecule has 0 aliphatic carbocycles. The van der Waals surface area contributed by atoms with Crippen LogP contribution in [0.4, 0.5) is 0 Å². The van der Waals surface area contributed by atoms with E-state index in [1.807, 2.05) is 30.3 Å². The second-order valence-corrected chi connectivity index (χ2v) is 16.0. The number of benzene rings is 4. The number of aliphatic carboxylic acids is 1. The molecular formula is C47H37Cl4N5O8. The summed E-state index contributed by atoms with van der Waals surface area (Å²) in [5, 5.41) is 42.0. The number of halogens is 4. The third kappa shape index (κ3) is 11.4. The summed E-state index contributed by atoms with van der Waals surface area (Å²) in [4.78, 5) is 32.5. The topological polar surface area (TPSA) is 197 Å². The number of nitriles is 2. The van der Waals surface area contributed by atoms with E-state index in [4.69, 9.17) is 65.4 Å². The van der Waals surface area contributed by atoms with Crippen LogP contribution in [0.15, 0.2) is 97.6 Å². The monoisotopic (exact) mass is 939 g/mol. The Balaban J connectivity index is 1.20. The van der Waals surface area contributed by atoms with Crippen molar-refractivity contribution in [3.63, 3.8) is 0 Å². The van der Waals surface area contributed by atoms with Gasteiger partial charge >= 0.3 is 5.97 Å². The largest absolute Gasteiger partial charge is 0.488 e. The summed E-state index contributed by atoms with van der Waals surface area (Å²) >= 11 is 27.3. The van der Waals surface area contributed by atoms with Crippen molar-refractivity contribution in [2.75, 3.05) is 6.61 Å². The van der Waals surface area contributed by atoms with E-state index in [1.165, 1.54) is 38.4 Å². The number of aliphatic hydroxyl groups is 1. The number of aliphatic hydroxyl groups excluding tert-OH is 1. The summed E-state index contributed by atoms with van der Waals surface area (Å²) < 4.78 is 24.5. The van der Waals surface area contributed by atoms with Crippen LogP contribution in [-0.2, 0) is 37.8 Å². The van der Waals surface area contributed by atoms with Gasteiger partial charge < -0.3 is 29.2 Å². The molecule has 0 fully saturated rings. The first-order valence-electron chi connectivity index (χ1n) is 19.2. The van der Waals surface area contributed by atoms with Crippen LogP contribution in [0.25, 0.3) is 11.1 Å². The molecule has 0 saturated heterocycles. The van der Waals surface area contributed by atoms with Crippen LogP contribution < -0.4 is 24.3 Å². The molecule has 13 nitrogen and oxygen atoms in total. The van der Waals surface area contributed by atoms with E-state index in [-0.39, 0.29) is 71.6 Å². The van der Waals surface area contributed by atoms with Gasteiger partial charge in [-0.05, 0) is 38.1 Å². The van der Waals surface area contributed by atoms with E-state index in [0.29, 0.717) is 65.9 Å². The first-order chi connectivity index (χ1) is 30.7. The quantitative estimate of drug-likeness (QED) is 0.0650. The van der Waals surface area contributed by atoms with Gasteiger partial charge in [-0.15, -0.1) is 0 Å². The number of rotatable bonds is 19. The Morgan fingerprint density at radius 1 is 0.672 bits per heavy atom. The number of nitrogens with one attached hydrogen (secondary N) is 1. The van der Waals surface area contributed by atoms with E-state index >= 15 is 0 Å². The van der Waals surface area contributed by atoms with Crippen LogP contribution in [0.1, 0.15) is 63.1 Å². The van der Waals surface area contributed by atoms with Gasteiger partial charge in [0.2, 0.25) is 0 Å². The number of hydrogen-bond acceptors (Lipinski definition) is 12. The van der Waals surface area contributed by atoms with Crippen molar-refractivity contribution >= 4 is 58.2 Å². The molecule has 3 N–H and O–H groups in total. The Kier molecular flexibility index (Phi) is 15.7. The molecule has 326 valence electrons. The van der Waals surface area contributed by atoms with Crippen molar-refractivity contribution in [2.45, 2.75) is 52.4 Å². The Bertz CT molecular complexity index is 2810. The molecule has 2 heterocycles. The van der Waals surface area contributed by atoms with Crippen molar-refractivity contribution in [1.82, 2.24) is 15.3 Å². The molecule has 6 rings (SSSR count). The van der Waals surface area contributed by atoms with E-state index in [0.717, 1.165) is 0 Å². The third-order valence-electron chi connectivity index (χ3n) is 9.84. The fourth-order valence-electron chi connectivity index (χ4n) is 6.18. The van der Waals surface area contributed by atoms with Crippen LogP contribution >= 0.6 is 46.4 Å². The molecule has 0 aliphatic rings. The van der Waals surface area contributed by atoms with Gasteiger partial charge in [-0.2, -0.15) is 10.5 Å². The predicted molar refractivity (Wildman–Crippen MR) is 240 cm³/mol. The molecule has 6 aromatic rings. The number of ketones is 1. The maximum Gasteiger partial charge on any atom is 0.326 e. The number of carbonyl (C=O) groups is 2. The fourth-order valence-corrected chi connectivity index (χ4v) is 7.20. The molecule has 0 amide bonds. The smallest absolute Gasteiger partial charge is 0.326 e. The lowest BCUT2D eigenvalue weighted by molar-refractivity contribution is -0.145. The highest BCUT2D eigenvalue weighted by atomic mass is 35.5. The molecule has 0 unspecified atom stereocenters. The second kappa shape index (κ2) is 21.3. The zero-order valence-corrected chi connectivity index (χ0v) is 37.1. The SMILES string of the molecule is CC(=O)c1cc(Cl)c(OCc2cccc(-c3cccc(COc4cc(OCc5cncc(C#N)c5)c(CN[C@](C)(CO)C(=O)O)cc4Cl)c3Cl)c2Cl)cc1OCc1cncc(C#N)c1. The lowest BCUT2D eigenvalue weighted by atomic mass is 10.0. The number of nitrogens with zero attached hydrogens (tertiary/aromatic N) is 4. The van der Waals surface area contributed by atoms with E-state index < -0.39 is 18.1 Å². The Labute approximate surface area is 388 Å². The Morgan fingerprint density at radius 3 is 1.64 bits per heavy atom. The third-order valence-corrected chi connectivity index (χ3v) is 11.3. The molecule has 2 aromatic heterocycles. The highest BCUT2D eigenvalue weighted by molar-refractivity contribution is 6.37. The van der Waals surface area contributed by atoms with Crippen LogP contribution in [-0.4, -0.2) is 44.1 Å². The van der Waals surface area contributed by atoms with Gasteiger partial charge in [0.15, 0.2) is 5.78 Å². The minimum atomic E-state index is -1.65. The minimum absolute atomic E-state index is 0.00988. The number of carboxylic acids is 1. The number of hydrogen-bond donors (Lipinski definition) is 3. The summed E-state index contributed by atoms with van der Waals surface area (Å²) in [6, 6.07) is 24.3. The van der Waals surface area contributed by atoms with Crippen LogP contribution in [0.5, 0.6) is 23.0 Å². The molecule has 0 radical (unpaired) electrons. The standard InChI is InChI=1S/C47H37Cl4N5O8/c1-27(58)37-12-39(49)43(14-41(37)62-23-31-10-29(16-53)18-55-20-31)64-25-33-6-4-8-36(45(33)51)35-7-3-5-32(44(35)50)24-63-42-13-40(61-22-30-9-28(15-52)17-54-19-30)34(11-38(42)48)21-56-47(2,26-57)46(59)60/h3-14,17-20,56-57H,21-26H2,1-2H3,(H,59,60)/t47-/m1/s1. The zero-order chi connectivity index (χ0) is 46.0. The van der Waals surface area contributed by atoms with Gasteiger partial charge in [0.1, 0.15) is 67.1 Å². The summed E-state index contributed by atoms with van der Waals surface area (Å²) in [7, 11) is 0. The predicted octanol–water partition coefficient (Wildman–Crippen LogP) is 9.94. The molecule has 0 bridgehead atoms. The molecular weight excluding hydrogens is 904 g/mol. The van der Waals surface area contributed by atoms with Gasteiger partial charge in [-0.1, -0.05) is 82.8 Å². The van der Waals surface area contributed by atoms with E-state index in [2.05, 4.69) is 15.3 Å². The summed E-state index contributed by atoms with van der Waals surface area (Å²) in [5.41, 5.74) is 3.47. The first kappa shape index (κ1) is 47.1. The van der Waals surface area contributed by atoms with Crippen molar-refractivity contribution in [3.8, 4) is 46.3 Å². The lowest BCUT2D eigenvalue weighted by Crippen LogP contribution is -2.52. The molecule has 4 aromatic carbocycles. The van der Waals surface area contributed by atoms with Gasteiger partial charge in [-0.25, -0.2) is 0 Å². The number of carbonyl (C=O) groups excluding carboxylic acids is 1. The van der Waals surface area contributed by atoms with Gasteiger partial charge in [0.25, 0.3) is 0 Å². The molecule has 1 atom stereocenters. The zero-order valence-electron chi connectivity index (χ0n) is 34.1. The minimum Gasteiger partial charge on any atom is -0.488 e. The van der Waals surface area contributed by atoms with Gasteiger partial charge in [0.05, 0.1) is 43.4 Å². The number of aromatic nitrogens is 2. The van der Waals surface area contributed by atoms with E-state index in [1.54, 1.807) is 54.9 Å². The highest BCUT2D eigenvalue weighted by Crippen LogP contribution is 2.40. The highest BCUT2D eigenvalue weighted by Gasteiger charge is 2.32.